The molecule has 0 saturated heterocycles. The van der Waals surface area contributed by atoms with E-state index < -0.39 is 24.5 Å². The summed E-state index contributed by atoms with van der Waals surface area (Å²) in [4.78, 5) is 35.1. The highest BCUT2D eigenvalue weighted by Crippen LogP contribution is 2.22. The van der Waals surface area contributed by atoms with E-state index >= 15 is 0 Å². The lowest BCUT2D eigenvalue weighted by Crippen LogP contribution is -2.44. The van der Waals surface area contributed by atoms with E-state index in [0.29, 0.717) is 5.56 Å². The fourth-order valence-electron chi connectivity index (χ4n) is 2.10. The van der Waals surface area contributed by atoms with Crippen molar-refractivity contribution < 1.29 is 24.2 Å². The van der Waals surface area contributed by atoms with E-state index in [1.54, 1.807) is 12.1 Å². The van der Waals surface area contributed by atoms with Crippen molar-refractivity contribution in [2.75, 3.05) is 20.3 Å². The van der Waals surface area contributed by atoms with Crippen molar-refractivity contribution in [2.24, 2.45) is 0 Å². The van der Waals surface area contributed by atoms with E-state index in [9.17, 15) is 14.4 Å². The van der Waals surface area contributed by atoms with Crippen molar-refractivity contribution in [3.63, 3.8) is 0 Å². The van der Waals surface area contributed by atoms with Crippen LogP contribution in [0, 0.1) is 0 Å². The average molecular weight is 350 g/mol. The third kappa shape index (κ3) is 6.54. The lowest BCUT2D eigenvalue weighted by Gasteiger charge is -2.19. The number of rotatable bonds is 7. The van der Waals surface area contributed by atoms with Gasteiger partial charge in [-0.15, -0.1) is 0 Å². The van der Waals surface area contributed by atoms with E-state index in [4.69, 9.17) is 5.11 Å². The first-order chi connectivity index (χ1) is 11.7. The predicted molar refractivity (Wildman–Crippen MR) is 93.1 cm³/mol. The number of ether oxygens (including phenoxy) is 1. The number of hydrogen-bond donors (Lipinski definition) is 3. The third-order valence-electron chi connectivity index (χ3n) is 3.65. The van der Waals surface area contributed by atoms with E-state index in [1.165, 1.54) is 7.11 Å². The van der Waals surface area contributed by atoms with Crippen LogP contribution in [0.4, 0.5) is 0 Å². The zero-order chi connectivity index (χ0) is 19.0. The molecule has 25 heavy (non-hydrogen) atoms. The highest BCUT2D eigenvalue weighted by atomic mass is 16.5. The number of carbonyl (C=O) groups is 3. The van der Waals surface area contributed by atoms with Crippen molar-refractivity contribution in [2.45, 2.75) is 38.6 Å². The molecule has 1 atom stereocenters. The SMILES string of the molecule is COC(=O)[C@@H](CO)NC(=O)CCNC(=O)c1ccc(C(C)(C)C)cc1. The largest absolute Gasteiger partial charge is 0.467 e. The number of amides is 2. The smallest absolute Gasteiger partial charge is 0.330 e. The van der Waals surface area contributed by atoms with Gasteiger partial charge >= 0.3 is 5.97 Å². The highest BCUT2D eigenvalue weighted by molar-refractivity contribution is 5.94. The van der Waals surface area contributed by atoms with Gasteiger partial charge in [0.05, 0.1) is 13.7 Å². The van der Waals surface area contributed by atoms with E-state index in [0.717, 1.165) is 5.56 Å². The van der Waals surface area contributed by atoms with Crippen LogP contribution in [0.1, 0.15) is 43.1 Å². The minimum Gasteiger partial charge on any atom is -0.467 e. The van der Waals surface area contributed by atoms with E-state index in [2.05, 4.69) is 36.1 Å². The summed E-state index contributed by atoms with van der Waals surface area (Å²) in [6, 6.07) is 6.20. The van der Waals surface area contributed by atoms with Gasteiger partial charge in [-0.25, -0.2) is 4.79 Å². The molecule has 138 valence electrons. The predicted octanol–water partition coefficient (Wildman–Crippen LogP) is 0.754. The second kappa shape index (κ2) is 9.17. The lowest BCUT2D eigenvalue weighted by atomic mass is 9.87. The molecule has 0 aromatic heterocycles. The molecule has 0 radical (unpaired) electrons. The molecule has 1 aromatic carbocycles. The standard InChI is InChI=1S/C18H26N2O5/c1-18(2,3)13-7-5-12(6-8-13)16(23)19-10-9-15(22)20-14(11-21)17(24)25-4/h5-8,14,21H,9-11H2,1-4H3,(H,19,23)(H,20,22)/t14-/m1/s1. The average Bonchev–Trinajstić information content (AvgIpc) is 2.58. The topological polar surface area (TPSA) is 105 Å². The Labute approximate surface area is 147 Å². The van der Waals surface area contributed by atoms with Gasteiger partial charge in [0.25, 0.3) is 5.91 Å². The van der Waals surface area contributed by atoms with Gasteiger partial charge in [0.15, 0.2) is 6.04 Å². The zero-order valence-corrected chi connectivity index (χ0v) is 15.1. The van der Waals surface area contributed by atoms with Gasteiger partial charge in [-0.1, -0.05) is 32.9 Å². The monoisotopic (exact) mass is 350 g/mol. The van der Waals surface area contributed by atoms with Crippen LogP contribution in [0.2, 0.25) is 0 Å². The Balaban J connectivity index is 2.46. The Kier molecular flexibility index (Phi) is 7.57. The minimum absolute atomic E-state index is 0.00990. The molecule has 0 saturated carbocycles. The molecular formula is C18H26N2O5. The summed E-state index contributed by atoms with van der Waals surface area (Å²) in [5.74, 6) is -1.47. The number of carbonyl (C=O) groups excluding carboxylic acids is 3. The molecule has 0 aliphatic rings. The molecule has 0 fully saturated rings. The number of benzene rings is 1. The summed E-state index contributed by atoms with van der Waals surface area (Å²) in [6.07, 6.45) is -0.0146. The number of methoxy groups -OCH3 is 1. The summed E-state index contributed by atoms with van der Waals surface area (Å²) in [5, 5.41) is 14.0. The number of hydrogen-bond acceptors (Lipinski definition) is 5. The Morgan fingerprint density at radius 3 is 2.24 bits per heavy atom. The zero-order valence-electron chi connectivity index (χ0n) is 15.1. The summed E-state index contributed by atoms with van der Waals surface area (Å²) >= 11 is 0. The molecule has 0 heterocycles. The van der Waals surface area contributed by atoms with Gasteiger partial charge in [-0.3, -0.25) is 9.59 Å². The molecule has 0 bridgehead atoms. The lowest BCUT2D eigenvalue weighted by molar-refractivity contribution is -0.146. The van der Waals surface area contributed by atoms with Crippen LogP contribution >= 0.6 is 0 Å². The molecule has 2 amide bonds. The Morgan fingerprint density at radius 1 is 1.16 bits per heavy atom. The van der Waals surface area contributed by atoms with Crippen LogP contribution in [0.3, 0.4) is 0 Å². The van der Waals surface area contributed by atoms with Crippen molar-refractivity contribution in [1.82, 2.24) is 10.6 Å². The van der Waals surface area contributed by atoms with Gasteiger partial charge in [0.1, 0.15) is 0 Å². The Bertz CT molecular complexity index is 605. The minimum atomic E-state index is -1.10. The van der Waals surface area contributed by atoms with Crippen LogP contribution in [-0.2, 0) is 19.7 Å². The Morgan fingerprint density at radius 2 is 1.76 bits per heavy atom. The maximum atomic E-state index is 12.1. The molecule has 3 N–H and O–H groups in total. The molecule has 0 aliphatic heterocycles. The summed E-state index contributed by atoms with van der Waals surface area (Å²) in [5.41, 5.74) is 1.65. The second-order valence-electron chi connectivity index (χ2n) is 6.66. The molecule has 0 aliphatic carbocycles. The van der Waals surface area contributed by atoms with Crippen LogP contribution in [-0.4, -0.2) is 49.2 Å². The fraction of sp³-hybridized carbons (Fsp3) is 0.500. The number of aliphatic hydroxyl groups excluding tert-OH is 1. The molecular weight excluding hydrogens is 324 g/mol. The van der Waals surface area contributed by atoms with Crippen LogP contribution in [0.5, 0.6) is 0 Å². The van der Waals surface area contributed by atoms with Gasteiger partial charge in [-0.2, -0.15) is 0 Å². The van der Waals surface area contributed by atoms with Crippen molar-refractivity contribution in [1.29, 1.82) is 0 Å². The van der Waals surface area contributed by atoms with Crippen molar-refractivity contribution in [3.8, 4) is 0 Å². The summed E-state index contributed by atoms with van der Waals surface area (Å²) in [7, 11) is 1.17. The van der Waals surface area contributed by atoms with Gasteiger partial charge in [0.2, 0.25) is 5.91 Å². The van der Waals surface area contributed by atoms with E-state index in [1.807, 2.05) is 12.1 Å². The highest BCUT2D eigenvalue weighted by Gasteiger charge is 2.20. The Hall–Kier alpha value is -2.41. The molecule has 1 aromatic rings. The molecule has 0 spiro atoms. The molecule has 0 unspecified atom stereocenters. The molecule has 1 rings (SSSR count). The van der Waals surface area contributed by atoms with Crippen LogP contribution in [0.25, 0.3) is 0 Å². The van der Waals surface area contributed by atoms with Crippen molar-refractivity contribution >= 4 is 17.8 Å². The first-order valence-corrected chi connectivity index (χ1v) is 8.06. The molecule has 7 nitrogen and oxygen atoms in total. The van der Waals surface area contributed by atoms with Crippen molar-refractivity contribution in [3.05, 3.63) is 35.4 Å². The normalized spacial score (nSPS) is 12.2. The van der Waals surface area contributed by atoms with E-state index in [-0.39, 0.29) is 24.3 Å². The number of aliphatic hydroxyl groups is 1. The van der Waals surface area contributed by atoms with Gasteiger partial charge in [-0.05, 0) is 23.1 Å². The van der Waals surface area contributed by atoms with Crippen LogP contribution < -0.4 is 10.6 Å². The maximum Gasteiger partial charge on any atom is 0.330 e. The van der Waals surface area contributed by atoms with Crippen LogP contribution in [0.15, 0.2) is 24.3 Å². The number of nitrogens with one attached hydrogen (secondary N) is 2. The summed E-state index contributed by atoms with van der Waals surface area (Å²) < 4.78 is 4.45. The third-order valence-corrected chi connectivity index (χ3v) is 3.65. The second-order valence-corrected chi connectivity index (χ2v) is 6.66. The first-order valence-electron chi connectivity index (χ1n) is 8.06. The van der Waals surface area contributed by atoms with Gasteiger partial charge in [0, 0.05) is 18.5 Å². The maximum absolute atomic E-state index is 12.1. The first kappa shape index (κ1) is 20.6. The fourth-order valence-corrected chi connectivity index (χ4v) is 2.10. The van der Waals surface area contributed by atoms with Gasteiger partial charge < -0.3 is 20.5 Å². The quantitative estimate of drug-likeness (QED) is 0.630. The number of esters is 1. The summed E-state index contributed by atoms with van der Waals surface area (Å²) in [6.45, 7) is 5.84. The molecule has 7 heteroatoms.